The van der Waals surface area contributed by atoms with E-state index in [4.69, 9.17) is 9.72 Å². The smallest absolute Gasteiger partial charge is 0.325 e. The van der Waals surface area contributed by atoms with Crippen molar-refractivity contribution in [3.05, 3.63) is 70.4 Å². The van der Waals surface area contributed by atoms with Crippen LogP contribution in [0.5, 0.6) is 5.75 Å². The van der Waals surface area contributed by atoms with Gasteiger partial charge in [0.25, 0.3) is 0 Å². The highest BCUT2D eigenvalue weighted by atomic mass is 16.5. The molecule has 0 saturated heterocycles. The lowest BCUT2D eigenvalue weighted by Crippen LogP contribution is -2.26. The molecule has 0 aliphatic carbocycles. The second-order valence-electron chi connectivity index (χ2n) is 8.60. The number of methoxy groups -OCH3 is 1. The fraction of sp³-hybridized carbons (Fsp3) is 0.200. The Labute approximate surface area is 194 Å². The van der Waals surface area contributed by atoms with Crippen molar-refractivity contribution in [3.8, 4) is 16.9 Å². The number of pyridine rings is 1. The topological polar surface area (TPSA) is 112 Å². The van der Waals surface area contributed by atoms with Gasteiger partial charge in [0.1, 0.15) is 5.75 Å². The molecule has 3 N–H and O–H groups in total. The predicted octanol–water partition coefficient (Wildman–Crippen LogP) is 3.60. The van der Waals surface area contributed by atoms with E-state index in [-0.39, 0.29) is 5.69 Å². The first-order chi connectivity index (χ1) is 16.6. The first-order valence-electron chi connectivity index (χ1n) is 11.1. The van der Waals surface area contributed by atoms with E-state index in [1.165, 1.54) is 11.1 Å². The minimum absolute atomic E-state index is 0.272. The van der Waals surface area contributed by atoms with Gasteiger partial charge in [-0.2, -0.15) is 0 Å². The van der Waals surface area contributed by atoms with Crippen LogP contribution in [0.2, 0.25) is 0 Å². The van der Waals surface area contributed by atoms with Gasteiger partial charge in [-0.25, -0.2) is 19.7 Å². The van der Waals surface area contributed by atoms with Crippen LogP contribution in [0.1, 0.15) is 11.1 Å². The lowest BCUT2D eigenvalue weighted by Gasteiger charge is -2.26. The Balaban J connectivity index is 1.36. The van der Waals surface area contributed by atoms with E-state index in [0.29, 0.717) is 17.1 Å². The lowest BCUT2D eigenvalue weighted by molar-refractivity contribution is 0.312. The first-order valence-corrected chi connectivity index (χ1v) is 11.1. The number of ether oxygens (including phenoxy) is 1. The van der Waals surface area contributed by atoms with Crippen LogP contribution < -0.4 is 15.7 Å². The highest BCUT2D eigenvalue weighted by Crippen LogP contribution is 2.33. The van der Waals surface area contributed by atoms with Crippen molar-refractivity contribution in [2.24, 2.45) is 0 Å². The van der Waals surface area contributed by atoms with Gasteiger partial charge in [0.05, 0.1) is 23.8 Å². The Hall–Kier alpha value is -4.24. The molecule has 0 fully saturated rings. The number of likely N-dealkylation sites (N-methyl/N-ethyl adjacent to an activating group) is 1. The number of hydrogen-bond acceptors (Lipinski definition) is 7. The summed E-state index contributed by atoms with van der Waals surface area (Å²) in [6.07, 6.45) is 4.55. The van der Waals surface area contributed by atoms with Crippen molar-refractivity contribution in [3.63, 3.8) is 0 Å². The molecule has 0 unspecified atom stereocenters. The molecular weight excluding hydrogens is 430 g/mol. The molecule has 0 saturated carbocycles. The zero-order valence-electron chi connectivity index (χ0n) is 18.8. The molecule has 170 valence electrons. The summed E-state index contributed by atoms with van der Waals surface area (Å²) in [4.78, 5) is 32.9. The van der Waals surface area contributed by atoms with Gasteiger partial charge in [-0.1, -0.05) is 12.1 Å². The summed E-state index contributed by atoms with van der Waals surface area (Å²) in [5, 5.41) is 4.27. The summed E-state index contributed by atoms with van der Waals surface area (Å²) in [5.41, 5.74) is 7.01. The first kappa shape index (κ1) is 20.4. The number of nitrogens with one attached hydrogen (secondary N) is 3. The zero-order chi connectivity index (χ0) is 23.2. The van der Waals surface area contributed by atoms with E-state index in [9.17, 15) is 4.79 Å². The standard InChI is InChI=1S/C25H23N7O2/c1-32-6-5-15-10-22(34-2)20(9-18(15)13-32)29-24-27-11-16-4-3-14(7-19(16)28-24)17-8-21-23(26-12-17)31-25(33)30-21/h3-4,7-12H,5-6,13H2,1-2H3,(H,27,28,29)(H2,26,30,31,33). The van der Waals surface area contributed by atoms with E-state index in [1.807, 2.05) is 24.3 Å². The van der Waals surface area contributed by atoms with Crippen LogP contribution in [-0.2, 0) is 13.0 Å². The molecule has 0 spiro atoms. The van der Waals surface area contributed by atoms with Crippen LogP contribution in [0.25, 0.3) is 33.2 Å². The minimum Gasteiger partial charge on any atom is -0.495 e. The number of fused-ring (bicyclic) bond motifs is 3. The molecule has 1 aliphatic rings. The number of hydrogen-bond donors (Lipinski definition) is 3. The Morgan fingerprint density at radius 2 is 1.94 bits per heavy atom. The fourth-order valence-electron chi connectivity index (χ4n) is 4.46. The third-order valence-corrected chi connectivity index (χ3v) is 6.26. The van der Waals surface area contributed by atoms with Gasteiger partial charge in [0, 0.05) is 36.4 Å². The van der Waals surface area contributed by atoms with Crippen LogP contribution in [0, 0.1) is 0 Å². The van der Waals surface area contributed by atoms with Gasteiger partial charge in [-0.05, 0) is 54.4 Å². The number of imidazole rings is 1. The molecule has 0 radical (unpaired) electrons. The number of aromatic nitrogens is 5. The number of anilines is 2. The molecule has 0 amide bonds. The quantitative estimate of drug-likeness (QED) is 0.381. The largest absolute Gasteiger partial charge is 0.495 e. The maximum Gasteiger partial charge on any atom is 0.325 e. The van der Waals surface area contributed by atoms with Crippen molar-refractivity contribution in [2.45, 2.75) is 13.0 Å². The van der Waals surface area contributed by atoms with Crippen LogP contribution >= 0.6 is 0 Å². The summed E-state index contributed by atoms with van der Waals surface area (Å²) in [5.74, 6) is 1.27. The fourth-order valence-corrected chi connectivity index (χ4v) is 4.46. The Morgan fingerprint density at radius 1 is 1.03 bits per heavy atom. The molecule has 3 aromatic heterocycles. The van der Waals surface area contributed by atoms with Gasteiger partial charge in [-0.15, -0.1) is 0 Å². The third-order valence-electron chi connectivity index (χ3n) is 6.26. The monoisotopic (exact) mass is 453 g/mol. The molecule has 6 rings (SSSR count). The minimum atomic E-state index is -0.272. The van der Waals surface area contributed by atoms with E-state index >= 15 is 0 Å². The average molecular weight is 454 g/mol. The SMILES string of the molecule is COc1cc2c(cc1Nc1ncc3ccc(-c4cnc5[nH]c(=O)[nH]c5c4)cc3n1)CN(C)CC2. The Bertz CT molecular complexity index is 1600. The summed E-state index contributed by atoms with van der Waals surface area (Å²) in [6.45, 7) is 1.95. The Morgan fingerprint density at radius 3 is 2.82 bits per heavy atom. The maximum absolute atomic E-state index is 11.6. The Kier molecular flexibility index (Phi) is 4.77. The number of benzene rings is 2. The summed E-state index contributed by atoms with van der Waals surface area (Å²) in [6, 6.07) is 12.1. The maximum atomic E-state index is 11.6. The molecule has 5 aromatic rings. The van der Waals surface area contributed by atoms with Crippen molar-refractivity contribution in [1.82, 2.24) is 29.8 Å². The van der Waals surface area contributed by atoms with Gasteiger partial charge in [0.2, 0.25) is 5.95 Å². The molecule has 34 heavy (non-hydrogen) atoms. The summed E-state index contributed by atoms with van der Waals surface area (Å²) in [7, 11) is 3.81. The second-order valence-corrected chi connectivity index (χ2v) is 8.60. The van der Waals surface area contributed by atoms with Crippen LogP contribution in [-0.4, -0.2) is 50.5 Å². The van der Waals surface area contributed by atoms with Crippen LogP contribution in [0.3, 0.4) is 0 Å². The van der Waals surface area contributed by atoms with E-state index < -0.39 is 0 Å². The lowest BCUT2D eigenvalue weighted by atomic mass is 9.99. The van der Waals surface area contributed by atoms with Gasteiger partial charge < -0.3 is 19.9 Å². The third kappa shape index (κ3) is 3.65. The summed E-state index contributed by atoms with van der Waals surface area (Å²) >= 11 is 0. The average Bonchev–Trinajstić information content (AvgIpc) is 3.22. The van der Waals surface area contributed by atoms with E-state index in [0.717, 1.165) is 53.0 Å². The van der Waals surface area contributed by atoms with Gasteiger partial charge in [0.15, 0.2) is 5.65 Å². The van der Waals surface area contributed by atoms with Crippen LogP contribution in [0.4, 0.5) is 11.6 Å². The zero-order valence-corrected chi connectivity index (χ0v) is 18.8. The van der Waals surface area contributed by atoms with Crippen molar-refractivity contribution in [2.75, 3.05) is 26.0 Å². The van der Waals surface area contributed by atoms with Gasteiger partial charge >= 0.3 is 5.69 Å². The molecule has 0 atom stereocenters. The highest BCUT2D eigenvalue weighted by Gasteiger charge is 2.17. The van der Waals surface area contributed by atoms with Gasteiger partial charge in [-0.3, -0.25) is 4.98 Å². The number of nitrogens with zero attached hydrogens (tertiary/aromatic N) is 4. The number of rotatable bonds is 4. The molecule has 4 heterocycles. The molecule has 0 bridgehead atoms. The molecule has 9 heteroatoms. The van der Waals surface area contributed by atoms with Crippen LogP contribution in [0.15, 0.2) is 53.6 Å². The predicted molar refractivity (Wildman–Crippen MR) is 132 cm³/mol. The van der Waals surface area contributed by atoms with Crippen molar-refractivity contribution >= 4 is 33.7 Å². The number of H-pyrrole nitrogens is 2. The molecule has 9 nitrogen and oxygen atoms in total. The van der Waals surface area contributed by atoms with E-state index in [2.05, 4.69) is 49.3 Å². The molecule has 1 aliphatic heterocycles. The summed E-state index contributed by atoms with van der Waals surface area (Å²) < 4.78 is 5.65. The van der Waals surface area contributed by atoms with Crippen molar-refractivity contribution in [1.29, 1.82) is 0 Å². The molecular formula is C25H23N7O2. The highest BCUT2D eigenvalue weighted by molar-refractivity contribution is 5.86. The molecule has 2 aromatic carbocycles. The van der Waals surface area contributed by atoms with E-state index in [1.54, 1.807) is 19.5 Å². The van der Waals surface area contributed by atoms with Crippen molar-refractivity contribution < 1.29 is 4.74 Å². The second kappa shape index (κ2) is 7.96. The number of aromatic amines is 2. The normalized spacial score (nSPS) is 13.8.